The van der Waals surface area contributed by atoms with Crippen molar-refractivity contribution in [2.24, 2.45) is 0 Å². The topological polar surface area (TPSA) is 110 Å². The molecule has 0 rings (SSSR count). The summed E-state index contributed by atoms with van der Waals surface area (Å²) in [4.78, 5) is 12.1. The van der Waals surface area contributed by atoms with E-state index in [2.05, 4.69) is 24.4 Å². The van der Waals surface area contributed by atoms with Crippen LogP contribution in [-0.4, -0.2) is 57.3 Å². The highest BCUT2D eigenvalue weighted by molar-refractivity contribution is 5.80. The highest BCUT2D eigenvalue weighted by Crippen LogP contribution is 2.11. The lowest BCUT2D eigenvalue weighted by molar-refractivity contribution is -0.132. The summed E-state index contributed by atoms with van der Waals surface area (Å²) < 4.78 is 0. The van der Waals surface area contributed by atoms with E-state index in [1.54, 1.807) is 0 Å². The van der Waals surface area contributed by atoms with E-state index in [0.717, 1.165) is 51.4 Å². The molecule has 0 radical (unpaired) electrons. The fraction of sp³-hybridized carbons (Fsp3) is 0.870. The maximum absolute atomic E-state index is 12.1. The largest absolute Gasteiger partial charge is 0.394 e. The zero-order valence-electron chi connectivity index (χ0n) is 18.6. The zero-order valence-corrected chi connectivity index (χ0v) is 18.6. The molecule has 0 aromatic carbocycles. The van der Waals surface area contributed by atoms with E-state index in [1.807, 2.05) is 6.92 Å². The van der Waals surface area contributed by atoms with Crippen molar-refractivity contribution in [3.63, 3.8) is 0 Å². The van der Waals surface area contributed by atoms with Crippen LogP contribution in [0.25, 0.3) is 0 Å². The van der Waals surface area contributed by atoms with E-state index in [-0.39, 0.29) is 0 Å². The first-order valence-electron chi connectivity index (χ1n) is 11.6. The van der Waals surface area contributed by atoms with Crippen LogP contribution in [0.3, 0.4) is 0 Å². The number of hydrogen-bond acceptors (Lipinski definition) is 5. The van der Waals surface area contributed by atoms with Gasteiger partial charge in [0.25, 0.3) is 0 Å². The minimum absolute atomic E-state index is 0.353. The van der Waals surface area contributed by atoms with Crippen molar-refractivity contribution in [3.8, 4) is 0 Å². The number of amides is 1. The second-order valence-electron chi connectivity index (χ2n) is 7.97. The summed E-state index contributed by atoms with van der Waals surface area (Å²) in [6.07, 6.45) is 13.4. The van der Waals surface area contributed by atoms with Crippen molar-refractivity contribution in [3.05, 3.63) is 12.2 Å². The van der Waals surface area contributed by atoms with Crippen LogP contribution < -0.4 is 5.32 Å². The highest BCUT2D eigenvalue weighted by Gasteiger charge is 2.28. The summed E-state index contributed by atoms with van der Waals surface area (Å²) in [7, 11) is 0. The molecule has 0 saturated heterocycles. The number of allylic oxidation sites excluding steroid dienone is 2. The zero-order chi connectivity index (χ0) is 21.9. The Morgan fingerprint density at radius 2 is 1.41 bits per heavy atom. The number of carbonyl (C=O) groups excluding carboxylic acids is 1. The van der Waals surface area contributed by atoms with Gasteiger partial charge in [0.05, 0.1) is 18.8 Å². The molecule has 29 heavy (non-hydrogen) atoms. The van der Waals surface area contributed by atoms with Crippen LogP contribution in [0, 0.1) is 0 Å². The van der Waals surface area contributed by atoms with Gasteiger partial charge in [-0.2, -0.15) is 0 Å². The maximum Gasteiger partial charge on any atom is 0.249 e. The summed E-state index contributed by atoms with van der Waals surface area (Å²) in [6, 6.07) is -0.979. The van der Waals surface area contributed by atoms with Crippen molar-refractivity contribution < 1.29 is 25.2 Å². The molecule has 0 aliphatic carbocycles. The lowest BCUT2D eigenvalue weighted by atomic mass is 10.0. The van der Waals surface area contributed by atoms with Crippen LogP contribution in [0.15, 0.2) is 12.2 Å². The average Bonchev–Trinajstić information content (AvgIpc) is 2.73. The first kappa shape index (κ1) is 28.1. The molecule has 0 aromatic heterocycles. The Morgan fingerprint density at radius 1 is 0.828 bits per heavy atom. The molecule has 0 spiro atoms. The second-order valence-corrected chi connectivity index (χ2v) is 7.97. The SMILES string of the molecule is CCCCC/C=C\CCCCCCC(O)C(=O)NC(CO)C(O)C(O)CCCC. The van der Waals surface area contributed by atoms with Gasteiger partial charge in [0.15, 0.2) is 0 Å². The number of unbranched alkanes of at least 4 members (excludes halogenated alkanes) is 8. The summed E-state index contributed by atoms with van der Waals surface area (Å²) in [5.41, 5.74) is 0. The van der Waals surface area contributed by atoms with Gasteiger partial charge in [0.2, 0.25) is 5.91 Å². The van der Waals surface area contributed by atoms with Gasteiger partial charge in [-0.3, -0.25) is 4.79 Å². The Kier molecular flexibility index (Phi) is 18.4. The first-order valence-corrected chi connectivity index (χ1v) is 11.6. The third-order valence-electron chi connectivity index (χ3n) is 5.23. The Balaban J connectivity index is 3.94. The van der Waals surface area contributed by atoms with Crippen LogP contribution in [0.1, 0.15) is 97.3 Å². The standard InChI is InChI=1S/C23H45NO5/c1-3-5-7-8-9-10-11-12-13-14-15-17-21(27)23(29)24-19(18-25)22(28)20(26)16-6-4-2/h9-10,19-22,25-28H,3-8,11-18H2,1-2H3,(H,24,29)/b10-9-. The molecule has 0 fully saturated rings. The minimum Gasteiger partial charge on any atom is -0.394 e. The molecule has 0 heterocycles. The third-order valence-corrected chi connectivity index (χ3v) is 5.23. The van der Waals surface area contributed by atoms with Crippen LogP contribution in [0.4, 0.5) is 0 Å². The smallest absolute Gasteiger partial charge is 0.249 e. The van der Waals surface area contributed by atoms with Crippen LogP contribution in [-0.2, 0) is 4.79 Å². The van der Waals surface area contributed by atoms with Gasteiger partial charge >= 0.3 is 0 Å². The van der Waals surface area contributed by atoms with E-state index in [4.69, 9.17) is 0 Å². The Hall–Kier alpha value is -0.950. The molecule has 0 bridgehead atoms. The minimum atomic E-state index is -1.25. The maximum atomic E-state index is 12.1. The van der Waals surface area contributed by atoms with Crippen molar-refractivity contribution in [1.29, 1.82) is 0 Å². The molecule has 5 N–H and O–H groups in total. The molecule has 1 amide bonds. The fourth-order valence-corrected chi connectivity index (χ4v) is 3.20. The van der Waals surface area contributed by atoms with Gasteiger partial charge in [-0.25, -0.2) is 0 Å². The van der Waals surface area contributed by atoms with E-state index in [0.29, 0.717) is 12.8 Å². The quantitative estimate of drug-likeness (QED) is 0.164. The predicted octanol–water partition coefficient (Wildman–Crippen LogP) is 3.21. The Morgan fingerprint density at radius 3 is 2.00 bits per heavy atom. The summed E-state index contributed by atoms with van der Waals surface area (Å²) in [5.74, 6) is -0.610. The molecule has 0 aliphatic heterocycles. The highest BCUT2D eigenvalue weighted by atomic mass is 16.3. The van der Waals surface area contributed by atoms with Crippen molar-refractivity contribution >= 4 is 5.91 Å². The number of nitrogens with one attached hydrogen (secondary N) is 1. The fourth-order valence-electron chi connectivity index (χ4n) is 3.20. The molecule has 0 aliphatic rings. The Bertz CT molecular complexity index is 416. The average molecular weight is 416 g/mol. The number of aliphatic hydroxyl groups excluding tert-OH is 4. The van der Waals surface area contributed by atoms with E-state index < -0.39 is 36.9 Å². The molecule has 6 heteroatoms. The number of aliphatic hydroxyl groups is 4. The summed E-state index contributed by atoms with van der Waals surface area (Å²) in [5, 5.41) is 41.9. The van der Waals surface area contributed by atoms with Crippen molar-refractivity contribution in [1.82, 2.24) is 5.32 Å². The van der Waals surface area contributed by atoms with Gasteiger partial charge < -0.3 is 25.7 Å². The summed E-state index contributed by atoms with van der Waals surface area (Å²) in [6.45, 7) is 3.69. The molecule has 4 unspecified atom stereocenters. The summed E-state index contributed by atoms with van der Waals surface area (Å²) >= 11 is 0. The van der Waals surface area contributed by atoms with Gasteiger partial charge in [0.1, 0.15) is 12.2 Å². The molecule has 0 aromatic rings. The van der Waals surface area contributed by atoms with Crippen LogP contribution in [0.5, 0.6) is 0 Å². The molecular weight excluding hydrogens is 370 g/mol. The van der Waals surface area contributed by atoms with Gasteiger partial charge in [-0.1, -0.05) is 70.9 Å². The lowest BCUT2D eigenvalue weighted by Gasteiger charge is -2.27. The van der Waals surface area contributed by atoms with Crippen molar-refractivity contribution in [2.45, 2.75) is 122 Å². The second kappa shape index (κ2) is 19.0. The normalized spacial score (nSPS) is 15.9. The third kappa shape index (κ3) is 14.6. The van der Waals surface area contributed by atoms with Crippen LogP contribution >= 0.6 is 0 Å². The monoisotopic (exact) mass is 415 g/mol. The van der Waals surface area contributed by atoms with Gasteiger partial charge in [-0.15, -0.1) is 0 Å². The predicted molar refractivity (Wildman–Crippen MR) is 118 cm³/mol. The number of rotatable bonds is 19. The molecule has 6 nitrogen and oxygen atoms in total. The number of carbonyl (C=O) groups is 1. The molecule has 0 saturated carbocycles. The van der Waals surface area contributed by atoms with Crippen LogP contribution in [0.2, 0.25) is 0 Å². The van der Waals surface area contributed by atoms with E-state index in [9.17, 15) is 25.2 Å². The van der Waals surface area contributed by atoms with Gasteiger partial charge in [0, 0.05) is 0 Å². The molecular formula is C23H45NO5. The first-order chi connectivity index (χ1) is 14.0. The van der Waals surface area contributed by atoms with E-state index in [1.165, 1.54) is 19.3 Å². The lowest BCUT2D eigenvalue weighted by Crippen LogP contribution is -2.53. The van der Waals surface area contributed by atoms with Crippen molar-refractivity contribution in [2.75, 3.05) is 6.61 Å². The van der Waals surface area contributed by atoms with Gasteiger partial charge in [-0.05, 0) is 38.5 Å². The molecule has 4 atom stereocenters. The number of hydrogen-bond donors (Lipinski definition) is 5. The molecule has 172 valence electrons. The Labute approximate surface area is 177 Å². The van der Waals surface area contributed by atoms with E-state index >= 15 is 0 Å².